The molecule has 0 aliphatic carbocycles. The van der Waals surface area contributed by atoms with E-state index in [1.165, 1.54) is 11.3 Å². The van der Waals surface area contributed by atoms with E-state index in [2.05, 4.69) is 10.3 Å². The predicted octanol–water partition coefficient (Wildman–Crippen LogP) is 3.90. The summed E-state index contributed by atoms with van der Waals surface area (Å²) < 4.78 is 7.44. The average molecular weight is 456 g/mol. The van der Waals surface area contributed by atoms with E-state index in [4.69, 9.17) is 16.3 Å². The largest absolute Gasteiger partial charge is 0.376 e. The van der Waals surface area contributed by atoms with Crippen LogP contribution in [0.5, 0.6) is 0 Å². The van der Waals surface area contributed by atoms with Crippen molar-refractivity contribution < 1.29 is 14.3 Å². The number of aromatic nitrogens is 1. The van der Waals surface area contributed by atoms with Crippen molar-refractivity contribution in [3.05, 3.63) is 86.6 Å². The predicted molar refractivity (Wildman–Crippen MR) is 121 cm³/mol. The third-order valence-electron chi connectivity index (χ3n) is 4.99. The normalized spacial score (nSPS) is 16.4. The zero-order valence-electron chi connectivity index (χ0n) is 16.8. The lowest BCUT2D eigenvalue weighted by Crippen LogP contribution is -2.31. The molecule has 0 spiro atoms. The van der Waals surface area contributed by atoms with Crippen LogP contribution in [0.4, 0.5) is 0 Å². The molecule has 0 radical (unpaired) electrons. The highest BCUT2D eigenvalue weighted by atomic mass is 35.5. The lowest BCUT2D eigenvalue weighted by Gasteiger charge is -2.11. The Kier molecular flexibility index (Phi) is 6.96. The number of nitrogens with zero attached hydrogens (tertiary/aromatic N) is 2. The number of ether oxygens (including phenoxy) is 1. The Morgan fingerprint density at radius 3 is 2.84 bits per heavy atom. The first-order chi connectivity index (χ1) is 15.1. The molecule has 1 atom stereocenters. The van der Waals surface area contributed by atoms with Gasteiger partial charge in [0.05, 0.1) is 6.10 Å². The molecule has 160 valence electrons. The first-order valence-electron chi connectivity index (χ1n) is 10.1. The lowest BCUT2D eigenvalue weighted by molar-refractivity contribution is 0.0857. The second-order valence-electron chi connectivity index (χ2n) is 7.29. The maximum Gasteiger partial charge on any atom is 0.279 e. The Morgan fingerprint density at radius 2 is 2.03 bits per heavy atom. The minimum Gasteiger partial charge on any atom is -0.376 e. The summed E-state index contributed by atoms with van der Waals surface area (Å²) in [4.78, 5) is 29.8. The molecule has 6 nitrogen and oxygen atoms in total. The van der Waals surface area contributed by atoms with Crippen LogP contribution in [0.1, 0.15) is 39.1 Å². The first-order valence-corrected chi connectivity index (χ1v) is 11.3. The van der Waals surface area contributed by atoms with E-state index in [-0.39, 0.29) is 17.9 Å². The van der Waals surface area contributed by atoms with E-state index >= 15 is 0 Å². The maximum atomic E-state index is 12.5. The lowest BCUT2D eigenvalue weighted by atomic mass is 10.1. The zero-order chi connectivity index (χ0) is 21.6. The van der Waals surface area contributed by atoms with Gasteiger partial charge in [-0.25, -0.2) is 0 Å². The van der Waals surface area contributed by atoms with E-state index in [0.717, 1.165) is 25.0 Å². The smallest absolute Gasteiger partial charge is 0.279 e. The highest BCUT2D eigenvalue weighted by Crippen LogP contribution is 2.13. The third-order valence-corrected chi connectivity index (χ3v) is 6.01. The molecule has 1 saturated heterocycles. The summed E-state index contributed by atoms with van der Waals surface area (Å²) in [7, 11) is 0. The second kappa shape index (κ2) is 10.0. The van der Waals surface area contributed by atoms with Crippen LogP contribution >= 0.6 is 22.9 Å². The average Bonchev–Trinajstić information content (AvgIpc) is 3.45. The topological polar surface area (TPSA) is 72.7 Å². The van der Waals surface area contributed by atoms with Gasteiger partial charge < -0.3 is 14.6 Å². The van der Waals surface area contributed by atoms with Crippen molar-refractivity contribution in [3.63, 3.8) is 0 Å². The molecule has 4 rings (SSSR count). The van der Waals surface area contributed by atoms with Crippen molar-refractivity contribution in [1.29, 1.82) is 0 Å². The summed E-state index contributed by atoms with van der Waals surface area (Å²) in [5.74, 6) is -0.463. The fourth-order valence-corrected chi connectivity index (χ4v) is 4.32. The Labute approximate surface area is 189 Å². The highest BCUT2D eigenvalue weighted by molar-refractivity contribution is 7.07. The molecule has 2 amide bonds. The molecular formula is C23H22ClN3O3S. The molecule has 1 unspecified atom stereocenters. The van der Waals surface area contributed by atoms with Crippen molar-refractivity contribution >= 4 is 34.8 Å². The van der Waals surface area contributed by atoms with Crippen molar-refractivity contribution in [2.24, 2.45) is 4.99 Å². The Balaban J connectivity index is 1.46. The van der Waals surface area contributed by atoms with Crippen molar-refractivity contribution in [3.8, 4) is 0 Å². The third kappa shape index (κ3) is 5.70. The quantitative estimate of drug-likeness (QED) is 0.612. The molecule has 1 aromatic heterocycles. The summed E-state index contributed by atoms with van der Waals surface area (Å²) in [6.45, 7) is 1.79. The molecule has 1 N–H and O–H groups in total. The van der Waals surface area contributed by atoms with E-state index < -0.39 is 0 Å². The van der Waals surface area contributed by atoms with E-state index in [0.29, 0.717) is 34.0 Å². The number of hydrogen-bond acceptors (Lipinski definition) is 4. The number of amides is 2. The molecule has 1 fully saturated rings. The SMILES string of the molecule is O=C(N=c1sccn1Cc1cccc(C(=O)NCC2CCCO2)c1)c1cccc(Cl)c1. The van der Waals surface area contributed by atoms with Crippen LogP contribution in [0.3, 0.4) is 0 Å². The van der Waals surface area contributed by atoms with Crippen LogP contribution in [-0.2, 0) is 11.3 Å². The molecule has 0 bridgehead atoms. The van der Waals surface area contributed by atoms with Gasteiger partial charge in [0, 0.05) is 47.4 Å². The Bertz CT molecular complexity index is 1150. The minimum absolute atomic E-state index is 0.106. The number of hydrogen-bond donors (Lipinski definition) is 1. The number of halogens is 1. The van der Waals surface area contributed by atoms with Gasteiger partial charge in [-0.05, 0) is 48.7 Å². The van der Waals surface area contributed by atoms with Crippen molar-refractivity contribution in [1.82, 2.24) is 9.88 Å². The van der Waals surface area contributed by atoms with Crippen LogP contribution in [-0.4, -0.2) is 35.6 Å². The molecule has 1 aliphatic rings. The fraction of sp³-hybridized carbons (Fsp3) is 0.261. The van der Waals surface area contributed by atoms with Gasteiger partial charge in [0.2, 0.25) is 0 Å². The van der Waals surface area contributed by atoms with E-state index in [9.17, 15) is 9.59 Å². The number of benzene rings is 2. The fourth-order valence-electron chi connectivity index (χ4n) is 3.40. The number of thiazole rings is 1. The van der Waals surface area contributed by atoms with Crippen LogP contribution in [0.2, 0.25) is 5.02 Å². The molecule has 31 heavy (non-hydrogen) atoms. The number of carbonyl (C=O) groups excluding carboxylic acids is 2. The Hall–Kier alpha value is -2.74. The number of rotatable bonds is 6. The van der Waals surface area contributed by atoms with Crippen LogP contribution in [0, 0.1) is 0 Å². The van der Waals surface area contributed by atoms with Gasteiger partial charge in [-0.3, -0.25) is 9.59 Å². The van der Waals surface area contributed by atoms with Gasteiger partial charge in [-0.1, -0.05) is 29.8 Å². The first kappa shape index (κ1) is 21.5. The minimum atomic E-state index is -0.346. The molecular weight excluding hydrogens is 434 g/mol. The second-order valence-corrected chi connectivity index (χ2v) is 8.60. The summed E-state index contributed by atoms with van der Waals surface area (Å²) >= 11 is 7.35. The summed E-state index contributed by atoms with van der Waals surface area (Å²) in [6.07, 6.45) is 4.00. The maximum absolute atomic E-state index is 12.5. The Morgan fingerprint density at radius 1 is 1.19 bits per heavy atom. The number of carbonyl (C=O) groups is 2. The van der Waals surface area contributed by atoms with Crippen molar-refractivity contribution in [2.75, 3.05) is 13.2 Å². The van der Waals surface area contributed by atoms with E-state index in [1.807, 2.05) is 34.3 Å². The molecule has 0 saturated carbocycles. The zero-order valence-corrected chi connectivity index (χ0v) is 18.4. The summed E-state index contributed by atoms with van der Waals surface area (Å²) in [6, 6.07) is 14.2. The van der Waals surface area contributed by atoms with Crippen molar-refractivity contribution in [2.45, 2.75) is 25.5 Å². The summed E-state index contributed by atoms with van der Waals surface area (Å²) in [5.41, 5.74) is 1.98. The van der Waals surface area contributed by atoms with Gasteiger partial charge in [0.1, 0.15) is 0 Å². The van der Waals surface area contributed by atoms with Gasteiger partial charge in [0.25, 0.3) is 11.8 Å². The van der Waals surface area contributed by atoms with Gasteiger partial charge in [-0.15, -0.1) is 11.3 Å². The van der Waals surface area contributed by atoms with Gasteiger partial charge in [0.15, 0.2) is 4.80 Å². The molecule has 3 aromatic rings. The standard InChI is InChI=1S/C23H22ClN3O3S/c24-19-7-2-6-18(13-19)22(29)26-23-27(9-11-31-23)15-16-4-1-5-17(12-16)21(28)25-14-20-8-3-10-30-20/h1-2,4-7,9,11-13,20H,3,8,10,14-15H2,(H,25,28). The van der Waals surface area contributed by atoms with Crippen LogP contribution in [0.15, 0.2) is 65.1 Å². The molecule has 2 heterocycles. The molecule has 8 heteroatoms. The summed E-state index contributed by atoms with van der Waals surface area (Å²) in [5, 5.41) is 5.32. The van der Waals surface area contributed by atoms with Crippen LogP contribution in [0.25, 0.3) is 0 Å². The van der Waals surface area contributed by atoms with Gasteiger partial charge >= 0.3 is 0 Å². The van der Waals surface area contributed by atoms with E-state index in [1.54, 1.807) is 30.3 Å². The molecule has 1 aliphatic heterocycles. The number of nitrogens with one attached hydrogen (secondary N) is 1. The highest BCUT2D eigenvalue weighted by Gasteiger charge is 2.16. The van der Waals surface area contributed by atoms with Crippen LogP contribution < -0.4 is 10.1 Å². The monoisotopic (exact) mass is 455 g/mol. The molecule has 2 aromatic carbocycles. The van der Waals surface area contributed by atoms with Gasteiger partial charge in [-0.2, -0.15) is 4.99 Å².